The van der Waals surface area contributed by atoms with Crippen LogP contribution < -0.4 is 0 Å². The number of ether oxygens (including phenoxy) is 2. The SMILES string of the molecule is CCOP(=O)(OCC)N1[C@@H]2CC[C@H]1[C@@H](OC(=O)[C@](OC)(c1ccccc1)C(F)(F)F)C2. The van der Waals surface area contributed by atoms with Crippen LogP contribution in [-0.4, -0.2) is 55.3 Å². The molecule has 0 saturated carbocycles. The van der Waals surface area contributed by atoms with Crippen LogP contribution >= 0.6 is 7.75 Å². The molecule has 2 saturated heterocycles. The average molecular weight is 465 g/mol. The molecule has 11 heteroatoms. The summed E-state index contributed by atoms with van der Waals surface area (Å²) in [6, 6.07) is 5.83. The van der Waals surface area contributed by atoms with Gasteiger partial charge in [-0.2, -0.15) is 17.8 Å². The first kappa shape index (κ1) is 24.2. The number of rotatable bonds is 9. The van der Waals surface area contributed by atoms with Crippen molar-refractivity contribution in [1.29, 1.82) is 0 Å². The monoisotopic (exact) mass is 465 g/mol. The van der Waals surface area contributed by atoms with E-state index in [1.165, 1.54) is 24.3 Å². The second-order valence-corrected chi connectivity index (χ2v) is 9.33. The number of fused-ring (bicyclic) bond motifs is 2. The highest BCUT2D eigenvalue weighted by molar-refractivity contribution is 7.51. The molecule has 0 unspecified atom stereocenters. The first-order chi connectivity index (χ1) is 14.6. The quantitative estimate of drug-likeness (QED) is 0.395. The number of carbonyl (C=O) groups excluding carboxylic acids is 1. The average Bonchev–Trinajstić information content (AvgIpc) is 3.28. The van der Waals surface area contributed by atoms with Gasteiger partial charge in [0.15, 0.2) is 0 Å². The zero-order chi connectivity index (χ0) is 22.9. The minimum absolute atomic E-state index is 0.145. The highest BCUT2D eigenvalue weighted by Crippen LogP contribution is 2.61. The number of alkyl halides is 3. The van der Waals surface area contributed by atoms with E-state index in [4.69, 9.17) is 18.5 Å². The lowest BCUT2D eigenvalue weighted by Gasteiger charge is -2.35. The minimum Gasteiger partial charge on any atom is -0.458 e. The zero-order valence-electron chi connectivity index (χ0n) is 17.6. The van der Waals surface area contributed by atoms with Crippen LogP contribution in [0.15, 0.2) is 30.3 Å². The second-order valence-electron chi connectivity index (χ2n) is 7.41. The molecule has 31 heavy (non-hydrogen) atoms. The summed E-state index contributed by atoms with van der Waals surface area (Å²) in [5.41, 5.74) is -3.63. The van der Waals surface area contributed by atoms with Crippen LogP contribution in [0, 0.1) is 0 Å². The smallest absolute Gasteiger partial charge is 0.432 e. The number of hydrogen-bond acceptors (Lipinski definition) is 6. The topological polar surface area (TPSA) is 74.3 Å². The van der Waals surface area contributed by atoms with Gasteiger partial charge < -0.3 is 9.47 Å². The summed E-state index contributed by atoms with van der Waals surface area (Å²) in [7, 11) is -2.82. The summed E-state index contributed by atoms with van der Waals surface area (Å²) in [5.74, 6) is -1.55. The lowest BCUT2D eigenvalue weighted by atomic mass is 9.92. The molecule has 0 spiro atoms. The van der Waals surface area contributed by atoms with Gasteiger partial charge in [-0.05, 0) is 26.7 Å². The summed E-state index contributed by atoms with van der Waals surface area (Å²) in [5, 5.41) is 0. The zero-order valence-corrected chi connectivity index (χ0v) is 18.5. The fraction of sp³-hybridized carbons (Fsp3) is 0.650. The molecule has 0 amide bonds. The molecule has 7 nitrogen and oxygen atoms in total. The molecule has 2 fully saturated rings. The van der Waals surface area contributed by atoms with Crippen molar-refractivity contribution < 1.29 is 41.1 Å². The Kier molecular flexibility index (Phi) is 7.18. The van der Waals surface area contributed by atoms with E-state index >= 15 is 0 Å². The first-order valence-electron chi connectivity index (χ1n) is 10.2. The highest BCUT2D eigenvalue weighted by Gasteiger charge is 2.65. The van der Waals surface area contributed by atoms with Crippen molar-refractivity contribution in [3.8, 4) is 0 Å². The number of carbonyl (C=O) groups is 1. The number of halogens is 3. The van der Waals surface area contributed by atoms with Gasteiger partial charge in [0.2, 0.25) is 0 Å². The van der Waals surface area contributed by atoms with Gasteiger partial charge in [-0.1, -0.05) is 30.3 Å². The molecule has 2 aliphatic rings. The minimum atomic E-state index is -5.05. The molecule has 1 aromatic carbocycles. The highest BCUT2D eigenvalue weighted by atomic mass is 31.2. The lowest BCUT2D eigenvalue weighted by molar-refractivity contribution is -0.278. The van der Waals surface area contributed by atoms with E-state index in [-0.39, 0.29) is 31.2 Å². The van der Waals surface area contributed by atoms with Crippen LogP contribution in [0.1, 0.15) is 38.7 Å². The van der Waals surface area contributed by atoms with Crippen LogP contribution in [0.2, 0.25) is 0 Å². The number of esters is 1. The molecule has 3 rings (SSSR count). The number of methoxy groups -OCH3 is 1. The van der Waals surface area contributed by atoms with Crippen LogP contribution in [-0.2, 0) is 33.5 Å². The summed E-state index contributed by atoms with van der Waals surface area (Å²) < 4.78 is 78.2. The first-order valence-corrected chi connectivity index (χ1v) is 11.7. The predicted molar refractivity (Wildman–Crippen MR) is 105 cm³/mol. The molecule has 0 aliphatic carbocycles. The molecule has 1 aromatic rings. The maximum Gasteiger partial charge on any atom is 0.432 e. The lowest BCUT2D eigenvalue weighted by Crippen LogP contribution is -2.53. The fourth-order valence-electron chi connectivity index (χ4n) is 4.52. The van der Waals surface area contributed by atoms with Gasteiger partial charge in [0.1, 0.15) is 6.10 Å². The van der Waals surface area contributed by atoms with Gasteiger partial charge in [0.05, 0.1) is 19.3 Å². The Balaban J connectivity index is 1.88. The van der Waals surface area contributed by atoms with Gasteiger partial charge in [0.25, 0.3) is 5.60 Å². The number of nitrogens with zero attached hydrogens (tertiary/aromatic N) is 1. The molecule has 2 heterocycles. The summed E-state index contributed by atoms with van der Waals surface area (Å²) >= 11 is 0. The van der Waals surface area contributed by atoms with Crippen molar-refractivity contribution in [3.05, 3.63) is 35.9 Å². The molecule has 2 aliphatic heterocycles. The Labute approximate surface area is 179 Å². The second kappa shape index (κ2) is 9.19. The van der Waals surface area contributed by atoms with Crippen LogP contribution in [0.3, 0.4) is 0 Å². The summed E-state index contributed by atoms with van der Waals surface area (Å²) in [6.45, 7) is 3.65. The van der Waals surface area contributed by atoms with Gasteiger partial charge in [-0.15, -0.1) is 0 Å². The Morgan fingerprint density at radius 2 is 1.74 bits per heavy atom. The third-order valence-electron chi connectivity index (χ3n) is 5.74. The van der Waals surface area contributed by atoms with Gasteiger partial charge in [0, 0.05) is 25.1 Å². The largest absolute Gasteiger partial charge is 0.458 e. The number of benzene rings is 1. The summed E-state index contributed by atoms with van der Waals surface area (Å²) in [4.78, 5) is 13.0. The van der Waals surface area contributed by atoms with E-state index < -0.39 is 37.6 Å². The van der Waals surface area contributed by atoms with E-state index in [0.29, 0.717) is 12.8 Å². The van der Waals surface area contributed by atoms with Crippen molar-refractivity contribution in [1.82, 2.24) is 4.67 Å². The summed E-state index contributed by atoms with van der Waals surface area (Å²) in [6.07, 6.45) is -4.53. The molecule has 0 aromatic heterocycles. The van der Waals surface area contributed by atoms with Crippen LogP contribution in [0.4, 0.5) is 13.2 Å². The molecule has 4 atom stereocenters. The van der Waals surface area contributed by atoms with Crippen LogP contribution in [0.25, 0.3) is 0 Å². The molecule has 0 radical (unpaired) electrons. The maximum atomic E-state index is 14.1. The Hall–Kier alpha value is -1.45. The van der Waals surface area contributed by atoms with Crippen molar-refractivity contribution in [2.45, 2.75) is 63.1 Å². The van der Waals surface area contributed by atoms with Crippen molar-refractivity contribution in [2.75, 3.05) is 20.3 Å². The van der Waals surface area contributed by atoms with E-state index in [9.17, 15) is 22.5 Å². The Morgan fingerprint density at radius 3 is 2.26 bits per heavy atom. The van der Waals surface area contributed by atoms with Gasteiger partial charge in [-0.25, -0.2) is 9.36 Å². The standard InChI is InChI=1S/C20H27F3NO6P/c1-4-28-31(26,29-5-2)24-15-11-12-16(24)17(13-15)30-18(25)19(27-3,20(21,22)23)14-9-7-6-8-10-14/h6-10,15-17H,4-5,11-13H2,1-3H3/t15-,16+,17+,19-/m1/s1. The number of hydrogen-bond donors (Lipinski definition) is 0. The van der Waals surface area contributed by atoms with Crippen molar-refractivity contribution >= 4 is 13.7 Å². The Morgan fingerprint density at radius 1 is 1.13 bits per heavy atom. The normalized spacial score (nSPS) is 26.1. The Bertz CT molecular complexity index is 813. The van der Waals surface area contributed by atoms with E-state index in [1.807, 2.05) is 0 Å². The van der Waals surface area contributed by atoms with Gasteiger partial charge in [-0.3, -0.25) is 9.05 Å². The molecule has 2 bridgehead atoms. The van der Waals surface area contributed by atoms with Crippen molar-refractivity contribution in [2.24, 2.45) is 0 Å². The third kappa shape index (κ3) is 4.16. The molecular formula is C20H27F3NO6P. The van der Waals surface area contributed by atoms with Gasteiger partial charge >= 0.3 is 19.9 Å². The van der Waals surface area contributed by atoms with Crippen LogP contribution in [0.5, 0.6) is 0 Å². The van der Waals surface area contributed by atoms with E-state index in [1.54, 1.807) is 24.6 Å². The van der Waals surface area contributed by atoms with E-state index in [0.717, 1.165) is 7.11 Å². The van der Waals surface area contributed by atoms with Crippen molar-refractivity contribution in [3.63, 3.8) is 0 Å². The molecule has 0 N–H and O–H groups in total. The third-order valence-corrected chi connectivity index (χ3v) is 8.10. The fourth-order valence-corrected chi connectivity index (χ4v) is 6.75. The maximum absolute atomic E-state index is 14.1. The molecular weight excluding hydrogens is 438 g/mol. The predicted octanol–water partition coefficient (Wildman–Crippen LogP) is 4.42. The molecule has 174 valence electrons. The van der Waals surface area contributed by atoms with E-state index in [2.05, 4.69) is 0 Å².